The summed E-state index contributed by atoms with van der Waals surface area (Å²) in [4.78, 5) is 19.9. The number of nitrogens with zero attached hydrogens (tertiary/aromatic N) is 1. The molecular formula is C29H49NO10. The fourth-order valence-electron chi connectivity index (χ4n) is 7.40. The largest absolute Gasteiger partial charge is 0.459 e. The molecule has 2 unspecified atom stereocenters. The molecule has 3 fully saturated rings. The molecule has 0 aliphatic carbocycles. The molecular weight excluding hydrogens is 522 g/mol. The van der Waals surface area contributed by atoms with E-state index in [1.165, 1.54) is 0 Å². The van der Waals surface area contributed by atoms with Crippen LogP contribution in [0.25, 0.3) is 0 Å². The second-order valence-electron chi connectivity index (χ2n) is 13.0. The van der Waals surface area contributed by atoms with Crippen LogP contribution in [0.3, 0.4) is 0 Å². The molecule has 11 nitrogen and oxygen atoms in total. The van der Waals surface area contributed by atoms with Gasteiger partial charge in [-0.15, -0.1) is 0 Å². The fraction of sp³-hybridized carbons (Fsp3) is 0.897. The molecule has 4 heterocycles. The van der Waals surface area contributed by atoms with Gasteiger partial charge in [-0.2, -0.15) is 0 Å². The number of ether oxygens (including phenoxy) is 5. The highest BCUT2D eigenvalue weighted by molar-refractivity contribution is 5.73. The van der Waals surface area contributed by atoms with E-state index in [-0.39, 0.29) is 24.7 Å². The van der Waals surface area contributed by atoms with E-state index in [1.807, 2.05) is 66.6 Å². The number of rotatable bonds is 6. The standard InChI is InChI=1S/C29H49NO10/c1-10-21-27(6)13-19(14-35-34)29(39-27)15(2)12-28(7,40-29)24(17(4)22(31)18(5)25(33)37-21)38-26-23(32)20(30(8)9)11-16(3)36-26/h13,15-18,20-24,26,31-32,34H,10-12,14H2,1-9H3/t15-,16-,17+,18-,20+,21-,22+,23-,24-,26+,27?,28-,29?/m1/s1. The molecule has 3 N–H and O–H groups in total. The number of hydrogen-bond acceptors (Lipinski definition) is 11. The first-order chi connectivity index (χ1) is 18.6. The third-order valence-electron chi connectivity index (χ3n) is 9.57. The molecule has 0 aromatic heterocycles. The van der Waals surface area contributed by atoms with E-state index in [9.17, 15) is 20.3 Å². The number of aliphatic hydroxyl groups is 2. The summed E-state index contributed by atoms with van der Waals surface area (Å²) in [6.45, 7) is 12.8. The van der Waals surface area contributed by atoms with E-state index < -0.39 is 65.5 Å². The first kappa shape index (κ1) is 31.8. The third-order valence-corrected chi connectivity index (χ3v) is 9.57. The van der Waals surface area contributed by atoms with Crippen LogP contribution < -0.4 is 0 Å². The van der Waals surface area contributed by atoms with Crippen LogP contribution in [0.4, 0.5) is 0 Å². The minimum Gasteiger partial charge on any atom is -0.459 e. The van der Waals surface area contributed by atoms with Gasteiger partial charge in [-0.25, -0.2) is 4.89 Å². The first-order valence-corrected chi connectivity index (χ1v) is 14.5. The molecule has 0 saturated carbocycles. The smallest absolute Gasteiger partial charge is 0.311 e. The molecule has 0 amide bonds. The van der Waals surface area contributed by atoms with Gasteiger partial charge in [-0.1, -0.05) is 20.8 Å². The first-order valence-electron chi connectivity index (χ1n) is 14.5. The lowest BCUT2D eigenvalue weighted by atomic mass is 9.78. The van der Waals surface area contributed by atoms with Crippen LogP contribution in [0, 0.1) is 17.8 Å². The predicted octanol–water partition coefficient (Wildman–Crippen LogP) is 2.48. The van der Waals surface area contributed by atoms with Crippen molar-refractivity contribution in [1.29, 1.82) is 0 Å². The van der Waals surface area contributed by atoms with Gasteiger partial charge in [0.05, 0.1) is 29.8 Å². The van der Waals surface area contributed by atoms with Crippen LogP contribution in [-0.2, 0) is 33.4 Å². The molecule has 13 atom stereocenters. The van der Waals surface area contributed by atoms with E-state index >= 15 is 0 Å². The van der Waals surface area contributed by atoms with Crippen molar-refractivity contribution in [2.45, 2.75) is 128 Å². The summed E-state index contributed by atoms with van der Waals surface area (Å²) < 4.78 is 32.3. The molecule has 0 aromatic carbocycles. The fourth-order valence-corrected chi connectivity index (χ4v) is 7.40. The Morgan fingerprint density at radius 2 is 1.77 bits per heavy atom. The molecule has 3 bridgehead atoms. The highest BCUT2D eigenvalue weighted by Crippen LogP contribution is 2.56. The van der Waals surface area contributed by atoms with Crippen molar-refractivity contribution in [2.75, 3.05) is 20.7 Å². The summed E-state index contributed by atoms with van der Waals surface area (Å²) >= 11 is 0. The number of hydrogen-bond donors (Lipinski definition) is 3. The molecule has 11 heteroatoms. The average Bonchev–Trinajstić information content (AvgIpc) is 3.32. The number of cyclic esters (lactones) is 1. The van der Waals surface area contributed by atoms with Gasteiger partial charge in [-0.3, -0.25) is 10.1 Å². The van der Waals surface area contributed by atoms with Crippen LogP contribution in [0.5, 0.6) is 0 Å². The molecule has 4 aliphatic heterocycles. The van der Waals surface area contributed by atoms with Crippen molar-refractivity contribution in [3.05, 3.63) is 11.6 Å². The van der Waals surface area contributed by atoms with Crippen LogP contribution in [0.2, 0.25) is 0 Å². The van der Waals surface area contributed by atoms with Gasteiger partial charge in [0.15, 0.2) is 12.1 Å². The summed E-state index contributed by atoms with van der Waals surface area (Å²) in [5.74, 6) is -3.58. The van der Waals surface area contributed by atoms with Crippen molar-refractivity contribution < 1.29 is 48.8 Å². The maximum atomic E-state index is 13.3. The second kappa shape index (κ2) is 11.5. The Kier molecular flexibility index (Phi) is 9.14. The Morgan fingerprint density at radius 1 is 1.10 bits per heavy atom. The Bertz CT molecular complexity index is 961. The quantitative estimate of drug-likeness (QED) is 0.188. The average molecular weight is 572 g/mol. The number of carbonyl (C=O) groups is 1. The van der Waals surface area contributed by atoms with Gasteiger partial charge < -0.3 is 38.8 Å². The lowest BCUT2D eigenvalue weighted by Crippen LogP contribution is -2.59. The second-order valence-corrected chi connectivity index (χ2v) is 13.0. The summed E-state index contributed by atoms with van der Waals surface area (Å²) in [6.07, 6.45) is -1.37. The SMILES string of the molecule is CC[C@H]1OC(=O)[C@H](C)[C@@H](O)[C@H](C)[C@@H](O[C@@H]2O[C@H](C)C[C@H](N(C)C)[C@H]2O)[C@@]2(C)C[C@@H](C)C3(OC1(C)C=C3COO)O2. The molecule has 0 aromatic rings. The monoisotopic (exact) mass is 571 g/mol. The number of esters is 1. The van der Waals surface area contributed by atoms with Crippen LogP contribution >= 0.6 is 0 Å². The minimum absolute atomic E-state index is 0.160. The van der Waals surface area contributed by atoms with Gasteiger partial charge in [0, 0.05) is 23.5 Å². The van der Waals surface area contributed by atoms with E-state index in [4.69, 9.17) is 23.7 Å². The predicted molar refractivity (Wildman–Crippen MR) is 144 cm³/mol. The summed E-state index contributed by atoms with van der Waals surface area (Å²) in [5, 5.41) is 32.3. The number of carbonyl (C=O) groups excluding carboxylic acids is 1. The van der Waals surface area contributed by atoms with Crippen molar-refractivity contribution in [2.24, 2.45) is 17.8 Å². The van der Waals surface area contributed by atoms with E-state index in [1.54, 1.807) is 6.92 Å². The molecule has 1 spiro atoms. The molecule has 4 aliphatic rings. The van der Waals surface area contributed by atoms with E-state index in [2.05, 4.69) is 4.89 Å². The normalized spacial score (nSPS) is 49.8. The van der Waals surface area contributed by atoms with Crippen molar-refractivity contribution in [1.82, 2.24) is 4.90 Å². The minimum atomic E-state index is -1.30. The maximum Gasteiger partial charge on any atom is 0.311 e. The van der Waals surface area contributed by atoms with Crippen molar-refractivity contribution in [3.63, 3.8) is 0 Å². The lowest BCUT2D eigenvalue weighted by Gasteiger charge is -2.47. The van der Waals surface area contributed by atoms with Gasteiger partial charge >= 0.3 is 5.97 Å². The topological polar surface area (TPSA) is 136 Å². The molecule has 40 heavy (non-hydrogen) atoms. The van der Waals surface area contributed by atoms with Gasteiger partial charge in [-0.05, 0) is 67.1 Å². The van der Waals surface area contributed by atoms with E-state index in [0.29, 0.717) is 24.8 Å². The van der Waals surface area contributed by atoms with Crippen LogP contribution in [0.15, 0.2) is 11.6 Å². The van der Waals surface area contributed by atoms with Crippen molar-refractivity contribution in [3.8, 4) is 0 Å². The summed E-state index contributed by atoms with van der Waals surface area (Å²) in [7, 11) is 3.81. The zero-order valence-electron chi connectivity index (χ0n) is 25.3. The van der Waals surface area contributed by atoms with Gasteiger partial charge in [0.2, 0.25) is 0 Å². The summed E-state index contributed by atoms with van der Waals surface area (Å²) in [6, 6.07) is -0.196. The summed E-state index contributed by atoms with van der Waals surface area (Å²) in [5.41, 5.74) is -1.53. The van der Waals surface area contributed by atoms with Gasteiger partial charge in [0.25, 0.3) is 0 Å². The lowest BCUT2D eigenvalue weighted by molar-refractivity contribution is -0.330. The van der Waals surface area contributed by atoms with Gasteiger partial charge in [0.1, 0.15) is 24.4 Å². The molecule has 4 rings (SSSR count). The number of fused-ring (bicyclic) bond motifs is 2. The molecule has 0 radical (unpaired) electrons. The third kappa shape index (κ3) is 5.38. The Balaban J connectivity index is 1.80. The highest BCUT2D eigenvalue weighted by Gasteiger charge is 2.65. The van der Waals surface area contributed by atoms with E-state index in [0.717, 1.165) is 0 Å². The Hall–Kier alpha value is -1.15. The maximum absolute atomic E-state index is 13.3. The van der Waals surface area contributed by atoms with Crippen molar-refractivity contribution >= 4 is 5.97 Å². The highest BCUT2D eigenvalue weighted by atomic mass is 17.1. The Morgan fingerprint density at radius 3 is 2.38 bits per heavy atom. The Labute approximate surface area is 237 Å². The molecule has 3 saturated heterocycles. The number of likely N-dealkylation sites (N-methyl/N-ethyl adjacent to an activating group) is 1. The van der Waals surface area contributed by atoms with Crippen LogP contribution in [-0.4, -0.2) is 107 Å². The van der Waals surface area contributed by atoms with Crippen LogP contribution in [0.1, 0.15) is 67.7 Å². The zero-order valence-corrected chi connectivity index (χ0v) is 25.3. The zero-order chi connectivity index (χ0) is 29.8. The number of aliphatic hydroxyl groups excluding tert-OH is 2. The molecule has 230 valence electrons.